The third-order valence-electron chi connectivity index (χ3n) is 11.6. The summed E-state index contributed by atoms with van der Waals surface area (Å²) in [5.41, 5.74) is 2.81. The summed E-state index contributed by atoms with van der Waals surface area (Å²) in [6, 6.07) is 17.6. The lowest BCUT2D eigenvalue weighted by molar-refractivity contribution is -0.143. The minimum atomic E-state index is -1.15. The largest absolute Gasteiger partial charge is 0.466 e. The Labute approximate surface area is 370 Å². The van der Waals surface area contributed by atoms with Crippen LogP contribution in [0, 0.1) is 0 Å². The van der Waals surface area contributed by atoms with Gasteiger partial charge in [-0.05, 0) is 91.7 Å². The zero-order valence-electron chi connectivity index (χ0n) is 38.8. The van der Waals surface area contributed by atoms with Gasteiger partial charge in [-0.3, -0.25) is 4.79 Å². The predicted molar refractivity (Wildman–Crippen MR) is 261 cm³/mol. The number of esters is 1. The van der Waals surface area contributed by atoms with Crippen molar-refractivity contribution in [2.24, 2.45) is 0 Å². The van der Waals surface area contributed by atoms with Crippen molar-refractivity contribution in [1.29, 1.82) is 0 Å². The van der Waals surface area contributed by atoms with E-state index >= 15 is 0 Å². The summed E-state index contributed by atoms with van der Waals surface area (Å²) >= 11 is 1.84. The first-order chi connectivity index (χ1) is 29.1. The highest BCUT2D eigenvalue weighted by Gasteiger charge is 2.17. The Hall–Kier alpha value is -1.71. The monoisotopic (exact) mass is 855 g/mol. The second kappa shape index (κ2) is 40.4. The summed E-state index contributed by atoms with van der Waals surface area (Å²) in [4.78, 5) is 12.1. The lowest BCUT2D eigenvalue weighted by atomic mass is 10.0. The Morgan fingerprint density at radius 1 is 0.424 bits per heavy atom. The Balaban J connectivity index is 1.66. The molecule has 0 aliphatic rings. The molecule has 0 unspecified atom stereocenters. The van der Waals surface area contributed by atoms with Gasteiger partial charge in [0, 0.05) is 12.2 Å². The number of aryl methyl sites for hydroxylation is 2. The van der Waals surface area contributed by atoms with Gasteiger partial charge in [-0.1, -0.05) is 218 Å². The third-order valence-corrected chi connectivity index (χ3v) is 14.6. The van der Waals surface area contributed by atoms with E-state index in [0.29, 0.717) is 13.0 Å². The van der Waals surface area contributed by atoms with E-state index in [1.165, 1.54) is 197 Å². The van der Waals surface area contributed by atoms with Crippen LogP contribution in [0.25, 0.3) is 0 Å². The number of carbonyl (C=O) groups excluding carboxylic acids is 1. The molecule has 0 amide bonds. The molecule has 2 rings (SSSR count). The average molecular weight is 855 g/mol. The van der Waals surface area contributed by atoms with Gasteiger partial charge in [-0.25, -0.2) is 0 Å². The van der Waals surface area contributed by atoms with Gasteiger partial charge in [-0.15, -0.1) is 0 Å². The van der Waals surface area contributed by atoms with Crippen molar-refractivity contribution in [2.45, 2.75) is 245 Å². The van der Waals surface area contributed by atoms with E-state index < -0.39 is 7.58 Å². The molecule has 0 fully saturated rings. The van der Waals surface area contributed by atoms with Crippen molar-refractivity contribution in [3.8, 4) is 11.5 Å². The van der Waals surface area contributed by atoms with Crippen molar-refractivity contribution >= 4 is 24.9 Å². The maximum absolute atomic E-state index is 12.1. The van der Waals surface area contributed by atoms with E-state index in [2.05, 4.69) is 69.3 Å². The van der Waals surface area contributed by atoms with Gasteiger partial charge in [0.1, 0.15) is 11.5 Å². The van der Waals surface area contributed by atoms with Crippen LogP contribution in [0.3, 0.4) is 0 Å². The lowest BCUT2D eigenvalue weighted by Gasteiger charge is -2.18. The summed E-state index contributed by atoms with van der Waals surface area (Å²) in [5.74, 6) is 2.85. The van der Waals surface area contributed by atoms with E-state index in [9.17, 15) is 4.79 Å². The van der Waals surface area contributed by atoms with E-state index in [1.807, 2.05) is 11.4 Å². The molecule has 0 bridgehead atoms. The number of unbranched alkanes of at least 4 members (excludes halogenated alkanes) is 28. The van der Waals surface area contributed by atoms with Crippen LogP contribution in [-0.4, -0.2) is 18.3 Å². The van der Waals surface area contributed by atoms with Crippen LogP contribution >= 0.6 is 19.0 Å². The highest BCUT2D eigenvalue weighted by molar-refractivity contribution is 8.53. The second-order valence-corrected chi connectivity index (χ2v) is 20.4. The van der Waals surface area contributed by atoms with Gasteiger partial charge in [0.05, 0.1) is 6.61 Å². The van der Waals surface area contributed by atoms with Gasteiger partial charge < -0.3 is 13.8 Å². The molecular formula is C53H91O4PS. The molecule has 0 aliphatic carbocycles. The Morgan fingerprint density at radius 2 is 0.763 bits per heavy atom. The quantitative estimate of drug-likeness (QED) is 0.0378. The lowest BCUT2D eigenvalue weighted by Crippen LogP contribution is -2.05. The molecule has 0 spiro atoms. The predicted octanol–water partition coefficient (Wildman–Crippen LogP) is 18.7. The molecule has 0 radical (unpaired) electrons. The van der Waals surface area contributed by atoms with Crippen LogP contribution in [0.1, 0.15) is 244 Å². The molecule has 0 saturated heterocycles. The van der Waals surface area contributed by atoms with Gasteiger partial charge in [0.2, 0.25) is 0 Å². The van der Waals surface area contributed by atoms with E-state index in [4.69, 9.17) is 13.8 Å². The summed E-state index contributed by atoms with van der Waals surface area (Å²) in [6.07, 6.45) is 44.2. The number of rotatable bonds is 43. The minimum Gasteiger partial charge on any atom is -0.466 e. The topological polar surface area (TPSA) is 44.8 Å². The fourth-order valence-corrected chi connectivity index (χ4v) is 10.5. The van der Waals surface area contributed by atoms with E-state index in [1.54, 1.807) is 0 Å². The molecule has 2 aromatic carbocycles. The molecule has 2 aromatic rings. The fraction of sp³-hybridized carbons (Fsp3) is 0.755. The van der Waals surface area contributed by atoms with E-state index in [0.717, 1.165) is 49.4 Å². The zero-order valence-corrected chi connectivity index (χ0v) is 40.5. The van der Waals surface area contributed by atoms with Crippen LogP contribution in [0.5, 0.6) is 11.5 Å². The van der Waals surface area contributed by atoms with Gasteiger partial charge in [0.15, 0.2) is 0 Å². The standard InChI is InChI=1S/C53H91O4PS/c1-4-7-10-13-16-21-26-31-36-49-39-43-51(44-40-49)56-58(57-52-45-41-50(42-46-52)37-32-27-22-17-14-11-8-5-2)59-48-35-30-25-20-19-23-28-33-38-53(54)55-47-34-29-24-18-15-12-9-6-3/h39-46H,4-38,47-48H2,1-3H3. The SMILES string of the molecule is CCCCCCCCCCOC(=O)CCCCCCCCCCSP(Oc1ccc(CCCCCCCCCC)cc1)Oc1ccc(CCCCCCCCCC)cc1. The molecule has 0 aromatic heterocycles. The fourth-order valence-electron chi connectivity index (χ4n) is 7.67. The smallest absolute Gasteiger partial charge is 0.360 e. The Bertz CT molecular complexity index is 1120. The van der Waals surface area contributed by atoms with Crippen molar-refractivity contribution in [3.63, 3.8) is 0 Å². The van der Waals surface area contributed by atoms with Crippen LogP contribution in [0.4, 0.5) is 0 Å². The van der Waals surface area contributed by atoms with Crippen molar-refractivity contribution < 1.29 is 18.6 Å². The summed E-state index contributed by atoms with van der Waals surface area (Å²) < 4.78 is 18.6. The first-order valence-electron chi connectivity index (χ1n) is 25.3. The number of carbonyl (C=O) groups is 1. The van der Waals surface area contributed by atoms with Gasteiger partial charge in [0.25, 0.3) is 0 Å². The highest BCUT2D eigenvalue weighted by atomic mass is 32.7. The van der Waals surface area contributed by atoms with Crippen molar-refractivity contribution in [2.75, 3.05) is 12.4 Å². The zero-order chi connectivity index (χ0) is 42.1. The first kappa shape index (κ1) is 53.4. The number of ether oxygens (including phenoxy) is 1. The van der Waals surface area contributed by atoms with Crippen LogP contribution in [0.15, 0.2) is 48.5 Å². The normalized spacial score (nSPS) is 11.4. The van der Waals surface area contributed by atoms with Gasteiger partial charge in [-0.2, -0.15) is 0 Å². The minimum absolute atomic E-state index is 0.00411. The van der Waals surface area contributed by atoms with Gasteiger partial charge >= 0.3 is 13.5 Å². The second-order valence-electron chi connectivity index (χ2n) is 17.3. The maximum atomic E-state index is 12.1. The first-order valence-corrected chi connectivity index (χ1v) is 28.0. The molecule has 0 atom stereocenters. The molecule has 0 N–H and O–H groups in total. The Morgan fingerprint density at radius 3 is 1.17 bits per heavy atom. The molecule has 0 aliphatic heterocycles. The molecule has 338 valence electrons. The highest BCUT2D eigenvalue weighted by Crippen LogP contribution is 2.52. The molecule has 0 heterocycles. The summed E-state index contributed by atoms with van der Waals surface area (Å²) in [5, 5.41) is 0. The molecule has 4 nitrogen and oxygen atoms in total. The van der Waals surface area contributed by atoms with E-state index in [-0.39, 0.29) is 5.97 Å². The van der Waals surface area contributed by atoms with Crippen LogP contribution < -0.4 is 9.05 Å². The molecule has 0 saturated carbocycles. The maximum Gasteiger partial charge on any atom is 0.360 e. The van der Waals surface area contributed by atoms with Crippen molar-refractivity contribution in [1.82, 2.24) is 0 Å². The number of hydrogen-bond donors (Lipinski definition) is 0. The molecular weight excluding hydrogens is 764 g/mol. The number of hydrogen-bond acceptors (Lipinski definition) is 5. The molecule has 6 heteroatoms. The van der Waals surface area contributed by atoms with Crippen LogP contribution in [-0.2, 0) is 22.4 Å². The van der Waals surface area contributed by atoms with Crippen molar-refractivity contribution in [3.05, 3.63) is 59.7 Å². The molecule has 59 heavy (non-hydrogen) atoms. The third kappa shape index (κ3) is 32.6. The Kier molecular flexibility index (Phi) is 36.6. The average Bonchev–Trinajstić information content (AvgIpc) is 3.25. The number of benzene rings is 2. The summed E-state index contributed by atoms with van der Waals surface area (Å²) in [6.45, 7) is 7.44. The summed E-state index contributed by atoms with van der Waals surface area (Å²) in [7, 11) is -1.15. The van der Waals surface area contributed by atoms with Crippen LogP contribution in [0.2, 0.25) is 0 Å².